The Hall–Kier alpha value is -1.23. The molecule has 0 fully saturated rings. The molecule has 0 saturated carbocycles. The number of hydrogen-bond acceptors (Lipinski definition) is 2. The lowest BCUT2D eigenvalue weighted by Gasteiger charge is -2.12. The van der Waals surface area contributed by atoms with Crippen LogP contribution in [0.4, 0.5) is 13.2 Å². The summed E-state index contributed by atoms with van der Waals surface area (Å²) in [5, 5.41) is 11.6. The summed E-state index contributed by atoms with van der Waals surface area (Å²) in [4.78, 5) is 0. The molecular formula is C9H10F3NO. The van der Waals surface area contributed by atoms with Crippen molar-refractivity contribution < 1.29 is 18.3 Å². The van der Waals surface area contributed by atoms with Gasteiger partial charge in [-0.3, -0.25) is 0 Å². The first kappa shape index (κ1) is 10.8. The molecule has 0 radical (unpaired) electrons. The van der Waals surface area contributed by atoms with E-state index in [1.165, 1.54) is 0 Å². The largest absolute Gasteiger partial charge is 0.503 e. The maximum Gasteiger partial charge on any atom is 0.203 e. The van der Waals surface area contributed by atoms with E-state index in [4.69, 9.17) is 5.11 Å². The van der Waals surface area contributed by atoms with E-state index in [1.807, 2.05) is 0 Å². The summed E-state index contributed by atoms with van der Waals surface area (Å²) in [6.07, 6.45) is 0. The van der Waals surface area contributed by atoms with Crippen molar-refractivity contribution in [3.05, 3.63) is 29.1 Å². The van der Waals surface area contributed by atoms with Crippen LogP contribution in [0.3, 0.4) is 0 Å². The second-order valence-electron chi connectivity index (χ2n) is 2.93. The number of benzene rings is 1. The van der Waals surface area contributed by atoms with Gasteiger partial charge in [-0.2, -0.15) is 4.39 Å². The Morgan fingerprint density at radius 1 is 1.29 bits per heavy atom. The third-order valence-corrected chi connectivity index (χ3v) is 2.06. The average Bonchev–Trinajstić information content (AvgIpc) is 2.19. The third-order valence-electron chi connectivity index (χ3n) is 2.06. The van der Waals surface area contributed by atoms with Gasteiger partial charge in [-0.25, -0.2) is 8.78 Å². The molecule has 1 atom stereocenters. The maximum absolute atomic E-state index is 13.2. The van der Waals surface area contributed by atoms with Gasteiger partial charge in [0.25, 0.3) is 0 Å². The van der Waals surface area contributed by atoms with Gasteiger partial charge in [0.1, 0.15) is 0 Å². The van der Waals surface area contributed by atoms with Crippen molar-refractivity contribution in [3.63, 3.8) is 0 Å². The zero-order valence-electron chi connectivity index (χ0n) is 7.74. The van der Waals surface area contributed by atoms with Crippen LogP contribution in [0, 0.1) is 17.5 Å². The summed E-state index contributed by atoms with van der Waals surface area (Å²) in [7, 11) is 1.54. The molecule has 0 aromatic heterocycles. The molecule has 0 heterocycles. The smallest absolute Gasteiger partial charge is 0.203 e. The quantitative estimate of drug-likeness (QED) is 0.724. The number of aromatic hydroxyl groups is 1. The Labute approximate surface area is 79.4 Å². The molecule has 14 heavy (non-hydrogen) atoms. The third kappa shape index (κ3) is 1.68. The fraction of sp³-hybridized carbons (Fsp3) is 0.333. The van der Waals surface area contributed by atoms with Gasteiger partial charge in [-0.1, -0.05) is 0 Å². The van der Waals surface area contributed by atoms with Gasteiger partial charge < -0.3 is 10.4 Å². The minimum Gasteiger partial charge on any atom is -0.503 e. The van der Waals surface area contributed by atoms with Gasteiger partial charge in [-0.05, 0) is 20.0 Å². The van der Waals surface area contributed by atoms with Crippen molar-refractivity contribution in [1.29, 1.82) is 0 Å². The molecule has 5 heteroatoms. The summed E-state index contributed by atoms with van der Waals surface area (Å²) in [5.41, 5.74) is -0.107. The van der Waals surface area contributed by atoms with E-state index in [0.29, 0.717) is 0 Å². The first-order valence-corrected chi connectivity index (χ1v) is 4.02. The van der Waals surface area contributed by atoms with Gasteiger partial charge in [0.2, 0.25) is 5.82 Å². The molecule has 2 N–H and O–H groups in total. The number of phenolic OH excluding ortho intramolecular Hbond substituents is 1. The number of rotatable bonds is 2. The van der Waals surface area contributed by atoms with Crippen LogP contribution < -0.4 is 5.32 Å². The van der Waals surface area contributed by atoms with E-state index in [2.05, 4.69) is 5.32 Å². The molecule has 1 aromatic rings. The maximum atomic E-state index is 13.2. The van der Waals surface area contributed by atoms with Crippen LogP contribution in [0.5, 0.6) is 5.75 Å². The Kier molecular flexibility index (Phi) is 3.00. The molecule has 1 aromatic carbocycles. The summed E-state index contributed by atoms with van der Waals surface area (Å²) >= 11 is 0. The van der Waals surface area contributed by atoms with Crippen LogP contribution in [-0.2, 0) is 0 Å². The lowest BCUT2D eigenvalue weighted by molar-refractivity contribution is 0.369. The molecule has 0 aliphatic rings. The molecule has 0 spiro atoms. The van der Waals surface area contributed by atoms with Crippen molar-refractivity contribution in [2.24, 2.45) is 0 Å². The van der Waals surface area contributed by atoms with Crippen LogP contribution in [0.2, 0.25) is 0 Å². The van der Waals surface area contributed by atoms with Gasteiger partial charge in [0, 0.05) is 11.6 Å². The molecule has 78 valence electrons. The summed E-state index contributed by atoms with van der Waals surface area (Å²) in [5.74, 6) is -5.23. The number of hydrogen-bond donors (Lipinski definition) is 2. The molecule has 0 aliphatic carbocycles. The van der Waals surface area contributed by atoms with Crippen LogP contribution >= 0.6 is 0 Å². The van der Waals surface area contributed by atoms with Crippen LogP contribution in [-0.4, -0.2) is 12.2 Å². The molecule has 0 bridgehead atoms. The zero-order valence-corrected chi connectivity index (χ0v) is 7.74. The van der Waals surface area contributed by atoms with Gasteiger partial charge >= 0.3 is 0 Å². The van der Waals surface area contributed by atoms with Crippen molar-refractivity contribution in [3.8, 4) is 5.75 Å². The highest BCUT2D eigenvalue weighted by molar-refractivity contribution is 5.34. The average molecular weight is 205 g/mol. The van der Waals surface area contributed by atoms with E-state index < -0.39 is 29.2 Å². The minimum absolute atomic E-state index is 0.107. The Morgan fingerprint density at radius 3 is 2.36 bits per heavy atom. The minimum atomic E-state index is -1.56. The standard InChI is InChI=1S/C9H10F3NO/c1-4(13-2)5-3-6(10)8(12)9(14)7(5)11/h3-4,13-14H,1-2H3/t4-/m0/s1. The second kappa shape index (κ2) is 3.88. The molecule has 0 amide bonds. The normalized spacial score (nSPS) is 12.9. The van der Waals surface area contributed by atoms with Crippen molar-refractivity contribution in [1.82, 2.24) is 5.32 Å². The van der Waals surface area contributed by atoms with Gasteiger partial charge in [-0.15, -0.1) is 0 Å². The van der Waals surface area contributed by atoms with E-state index >= 15 is 0 Å². The second-order valence-corrected chi connectivity index (χ2v) is 2.93. The molecule has 1 rings (SSSR count). The van der Waals surface area contributed by atoms with Crippen molar-refractivity contribution >= 4 is 0 Å². The fourth-order valence-corrected chi connectivity index (χ4v) is 1.08. The molecule has 0 aliphatic heterocycles. The van der Waals surface area contributed by atoms with Crippen molar-refractivity contribution in [2.75, 3.05) is 7.05 Å². The summed E-state index contributed by atoms with van der Waals surface area (Å²) in [6.45, 7) is 1.56. The monoisotopic (exact) mass is 205 g/mol. The first-order valence-electron chi connectivity index (χ1n) is 4.02. The van der Waals surface area contributed by atoms with E-state index in [-0.39, 0.29) is 5.56 Å². The molecular weight excluding hydrogens is 195 g/mol. The van der Waals surface area contributed by atoms with Gasteiger partial charge in [0.15, 0.2) is 17.4 Å². The van der Waals surface area contributed by atoms with E-state index in [0.717, 1.165) is 6.07 Å². The highest BCUT2D eigenvalue weighted by Crippen LogP contribution is 2.28. The van der Waals surface area contributed by atoms with Crippen LogP contribution in [0.25, 0.3) is 0 Å². The zero-order chi connectivity index (χ0) is 10.9. The van der Waals surface area contributed by atoms with Gasteiger partial charge in [0.05, 0.1) is 0 Å². The van der Waals surface area contributed by atoms with E-state index in [9.17, 15) is 13.2 Å². The number of phenols is 1. The Balaban J connectivity index is 3.33. The molecule has 0 unspecified atom stereocenters. The van der Waals surface area contributed by atoms with Crippen LogP contribution in [0.1, 0.15) is 18.5 Å². The summed E-state index contributed by atoms with van der Waals surface area (Å²) in [6, 6.07) is 0.224. The topological polar surface area (TPSA) is 32.3 Å². The lowest BCUT2D eigenvalue weighted by Crippen LogP contribution is -2.14. The first-order chi connectivity index (χ1) is 6.49. The predicted octanol–water partition coefficient (Wildman–Crippen LogP) is 2.09. The lowest BCUT2D eigenvalue weighted by atomic mass is 10.1. The SMILES string of the molecule is CN[C@@H](C)c1cc(F)c(F)c(O)c1F. The molecule has 2 nitrogen and oxygen atoms in total. The van der Waals surface area contributed by atoms with Crippen LogP contribution in [0.15, 0.2) is 6.07 Å². The number of nitrogens with one attached hydrogen (secondary N) is 1. The predicted molar refractivity (Wildman–Crippen MR) is 45.5 cm³/mol. The highest BCUT2D eigenvalue weighted by atomic mass is 19.2. The fourth-order valence-electron chi connectivity index (χ4n) is 1.08. The van der Waals surface area contributed by atoms with Crippen molar-refractivity contribution in [2.45, 2.75) is 13.0 Å². The summed E-state index contributed by atoms with van der Waals surface area (Å²) < 4.78 is 38.6. The highest BCUT2D eigenvalue weighted by Gasteiger charge is 2.20. The molecule has 0 saturated heterocycles. The Morgan fingerprint density at radius 2 is 1.86 bits per heavy atom. The van der Waals surface area contributed by atoms with E-state index in [1.54, 1.807) is 14.0 Å². The number of halogens is 3. The Bertz CT molecular complexity index is 354.